The fourth-order valence-corrected chi connectivity index (χ4v) is 7.12. The van der Waals surface area contributed by atoms with Crippen LogP contribution in [0.5, 0.6) is 5.75 Å². The summed E-state index contributed by atoms with van der Waals surface area (Å²) in [5, 5.41) is 28.5. The molecule has 1 aliphatic rings. The first-order chi connectivity index (χ1) is 24.1. The molecule has 1 aromatic heterocycles. The molecule has 0 aliphatic carbocycles. The van der Waals surface area contributed by atoms with Gasteiger partial charge in [-0.25, -0.2) is 0 Å². The van der Waals surface area contributed by atoms with Gasteiger partial charge in [-0.15, -0.1) is 10.2 Å². The van der Waals surface area contributed by atoms with Gasteiger partial charge in [-0.3, -0.25) is 4.98 Å². The highest BCUT2D eigenvalue weighted by Crippen LogP contribution is 2.58. The molecular formula is C42H37N5O2. The summed E-state index contributed by atoms with van der Waals surface area (Å²) in [6.07, 6.45) is 0.725. The van der Waals surface area contributed by atoms with E-state index in [1.807, 2.05) is 50.2 Å². The van der Waals surface area contributed by atoms with Gasteiger partial charge in [-0.2, -0.15) is 0 Å². The third-order valence-electron chi connectivity index (χ3n) is 9.31. The van der Waals surface area contributed by atoms with E-state index in [4.69, 9.17) is 15.0 Å². The van der Waals surface area contributed by atoms with E-state index in [-0.39, 0.29) is 6.61 Å². The van der Waals surface area contributed by atoms with Crippen molar-refractivity contribution in [3.63, 3.8) is 0 Å². The average molecular weight is 644 g/mol. The lowest BCUT2D eigenvalue weighted by Crippen LogP contribution is -2.48. The van der Waals surface area contributed by atoms with Gasteiger partial charge < -0.3 is 9.84 Å². The first-order valence-corrected chi connectivity index (χ1v) is 16.5. The third-order valence-corrected chi connectivity index (χ3v) is 9.31. The van der Waals surface area contributed by atoms with Gasteiger partial charge in [0, 0.05) is 28.6 Å². The number of benzene rings is 5. The fourth-order valence-electron chi connectivity index (χ4n) is 7.12. The van der Waals surface area contributed by atoms with Gasteiger partial charge in [-0.1, -0.05) is 146 Å². The summed E-state index contributed by atoms with van der Waals surface area (Å²) in [4.78, 5) is 4.58. The number of ether oxygens (including phenoxy) is 1. The molecule has 1 N–H and O–H groups in total. The number of pyridine rings is 1. The predicted octanol–water partition coefficient (Wildman–Crippen LogP) is 9.71. The van der Waals surface area contributed by atoms with E-state index in [0.29, 0.717) is 12.4 Å². The summed E-state index contributed by atoms with van der Waals surface area (Å²) in [6, 6.07) is 49.7. The third kappa shape index (κ3) is 5.62. The molecule has 5 aromatic carbocycles. The largest absolute Gasteiger partial charge is 0.488 e. The van der Waals surface area contributed by atoms with E-state index in [1.54, 1.807) is 0 Å². The Morgan fingerprint density at radius 2 is 1.20 bits per heavy atom. The Hall–Kier alpha value is -5.79. The summed E-state index contributed by atoms with van der Waals surface area (Å²) >= 11 is 0. The zero-order chi connectivity index (χ0) is 33.7. The molecule has 0 saturated carbocycles. The van der Waals surface area contributed by atoms with Gasteiger partial charge in [0.2, 0.25) is 5.66 Å². The standard InChI is InChI=1S/C42H37N5O2/c1-3-39-37(28-48)40(27-30(2)43-39)49-29-31-23-25-32(26-24-31)36-21-13-14-22-38(36)42(44-46-47-45-42)41(33-15-7-4-8-16-33,34-17-9-5-10-18-34)35-19-11-6-12-20-35/h4-27,48H,3,28-29H2,1-2H3. The van der Waals surface area contributed by atoms with Crippen LogP contribution in [-0.4, -0.2) is 10.1 Å². The van der Waals surface area contributed by atoms with E-state index in [2.05, 4.69) is 125 Å². The van der Waals surface area contributed by atoms with Crippen molar-refractivity contribution in [2.45, 2.75) is 44.6 Å². The number of hydrogen-bond acceptors (Lipinski definition) is 7. The van der Waals surface area contributed by atoms with E-state index < -0.39 is 11.1 Å². The van der Waals surface area contributed by atoms with Crippen LogP contribution in [0.4, 0.5) is 0 Å². The minimum Gasteiger partial charge on any atom is -0.488 e. The molecule has 0 amide bonds. The van der Waals surface area contributed by atoms with Gasteiger partial charge in [0.05, 0.1) is 12.0 Å². The highest BCUT2D eigenvalue weighted by atomic mass is 16.5. The van der Waals surface area contributed by atoms with Crippen molar-refractivity contribution >= 4 is 0 Å². The van der Waals surface area contributed by atoms with Crippen molar-refractivity contribution < 1.29 is 9.84 Å². The van der Waals surface area contributed by atoms with E-state index in [9.17, 15) is 5.11 Å². The molecule has 7 heteroatoms. The van der Waals surface area contributed by atoms with Crippen molar-refractivity contribution in [2.24, 2.45) is 20.7 Å². The molecule has 242 valence electrons. The maximum absolute atomic E-state index is 10.0. The second-order valence-electron chi connectivity index (χ2n) is 12.1. The maximum atomic E-state index is 10.0. The van der Waals surface area contributed by atoms with Crippen LogP contribution in [0.15, 0.2) is 166 Å². The molecule has 49 heavy (non-hydrogen) atoms. The highest BCUT2D eigenvalue weighted by molar-refractivity contribution is 5.72. The van der Waals surface area contributed by atoms with Crippen LogP contribution in [0.1, 0.15) is 51.7 Å². The molecule has 0 saturated heterocycles. The Labute approximate surface area is 286 Å². The molecular weight excluding hydrogens is 606 g/mol. The average Bonchev–Trinajstić information content (AvgIpc) is 3.67. The number of aliphatic hydroxyl groups is 1. The lowest BCUT2D eigenvalue weighted by atomic mass is 9.59. The van der Waals surface area contributed by atoms with Gasteiger partial charge in [0.15, 0.2) is 0 Å². The fraction of sp³-hybridized carbons (Fsp3) is 0.167. The van der Waals surface area contributed by atoms with Gasteiger partial charge in [-0.05, 0) is 57.2 Å². The number of aryl methyl sites for hydroxylation is 2. The second kappa shape index (κ2) is 13.7. The monoisotopic (exact) mass is 643 g/mol. The molecule has 0 bridgehead atoms. The lowest BCUT2D eigenvalue weighted by molar-refractivity contribution is 0.256. The Kier molecular flexibility index (Phi) is 8.92. The summed E-state index contributed by atoms with van der Waals surface area (Å²) in [5.41, 5.74) is 7.19. The number of nitrogens with zero attached hydrogens (tertiary/aromatic N) is 5. The molecule has 7 rings (SSSR count). The van der Waals surface area contributed by atoms with Crippen LogP contribution < -0.4 is 4.74 Å². The molecule has 0 fully saturated rings. The van der Waals surface area contributed by atoms with Crippen molar-refractivity contribution in [3.05, 3.63) is 190 Å². The van der Waals surface area contributed by atoms with Crippen LogP contribution in [0.25, 0.3) is 11.1 Å². The van der Waals surface area contributed by atoms with Crippen molar-refractivity contribution in [3.8, 4) is 16.9 Å². The number of aliphatic hydroxyl groups excluding tert-OH is 1. The van der Waals surface area contributed by atoms with Crippen LogP contribution in [0.3, 0.4) is 0 Å². The summed E-state index contributed by atoms with van der Waals surface area (Å²) in [5.74, 6) is 0.666. The minimum absolute atomic E-state index is 0.117. The first-order valence-electron chi connectivity index (χ1n) is 16.5. The highest BCUT2D eigenvalue weighted by Gasteiger charge is 2.60. The Bertz CT molecular complexity index is 1990. The Morgan fingerprint density at radius 1 is 0.673 bits per heavy atom. The Morgan fingerprint density at radius 3 is 1.73 bits per heavy atom. The molecule has 1 aliphatic heterocycles. The Balaban J connectivity index is 1.35. The van der Waals surface area contributed by atoms with Crippen molar-refractivity contribution in [1.29, 1.82) is 0 Å². The topological polar surface area (TPSA) is 91.8 Å². The molecule has 0 radical (unpaired) electrons. The van der Waals surface area contributed by atoms with Crippen LogP contribution >= 0.6 is 0 Å². The number of hydrogen-bond donors (Lipinski definition) is 1. The quantitative estimate of drug-likeness (QED) is 0.143. The molecule has 0 unspecified atom stereocenters. The molecule has 6 aromatic rings. The number of aromatic nitrogens is 1. The predicted molar refractivity (Wildman–Crippen MR) is 191 cm³/mol. The maximum Gasteiger partial charge on any atom is 0.238 e. The zero-order valence-electron chi connectivity index (χ0n) is 27.6. The number of rotatable bonds is 11. The minimum atomic E-state index is -1.27. The van der Waals surface area contributed by atoms with E-state index >= 15 is 0 Å². The molecule has 0 atom stereocenters. The zero-order valence-corrected chi connectivity index (χ0v) is 27.6. The molecule has 0 spiro atoms. The molecule has 2 heterocycles. The van der Waals surface area contributed by atoms with Crippen LogP contribution in [0, 0.1) is 6.92 Å². The van der Waals surface area contributed by atoms with Crippen LogP contribution in [-0.2, 0) is 30.7 Å². The van der Waals surface area contributed by atoms with Gasteiger partial charge >= 0.3 is 0 Å². The normalized spacial score (nSPS) is 13.4. The van der Waals surface area contributed by atoms with Gasteiger partial charge in [0.25, 0.3) is 0 Å². The van der Waals surface area contributed by atoms with E-state index in [0.717, 1.165) is 62.3 Å². The van der Waals surface area contributed by atoms with Gasteiger partial charge in [0.1, 0.15) is 12.4 Å². The SMILES string of the molecule is CCc1nc(C)cc(OCc2ccc(-c3ccccc3C3(C(c4ccccc4)(c4ccccc4)c4ccccc4)N=NN=N3)cc2)c1CO. The first kappa shape index (κ1) is 31.8. The summed E-state index contributed by atoms with van der Waals surface area (Å²) < 4.78 is 6.24. The smallest absolute Gasteiger partial charge is 0.238 e. The summed E-state index contributed by atoms with van der Waals surface area (Å²) in [7, 11) is 0. The van der Waals surface area contributed by atoms with E-state index in [1.165, 1.54) is 0 Å². The summed E-state index contributed by atoms with van der Waals surface area (Å²) in [6.45, 7) is 4.21. The lowest BCUT2D eigenvalue weighted by Gasteiger charge is -2.45. The molecule has 7 nitrogen and oxygen atoms in total. The second-order valence-corrected chi connectivity index (χ2v) is 12.1. The van der Waals surface area contributed by atoms with Crippen LogP contribution in [0.2, 0.25) is 0 Å². The van der Waals surface area contributed by atoms with Crippen molar-refractivity contribution in [2.75, 3.05) is 0 Å². The van der Waals surface area contributed by atoms with Crippen molar-refractivity contribution in [1.82, 2.24) is 4.98 Å².